The van der Waals surface area contributed by atoms with E-state index < -0.39 is 49.7 Å². The Morgan fingerprint density at radius 3 is 1.69 bits per heavy atom. The molecule has 0 bridgehead atoms. The fourth-order valence-electron chi connectivity index (χ4n) is 3.02. The number of benzene rings is 2. The molecule has 0 N–H and O–H groups in total. The van der Waals surface area contributed by atoms with Crippen molar-refractivity contribution in [2.24, 2.45) is 0 Å². The monoisotopic (exact) mass is 420 g/mol. The zero-order valence-corrected chi connectivity index (χ0v) is 16.4. The van der Waals surface area contributed by atoms with Crippen molar-refractivity contribution in [1.82, 2.24) is 9.80 Å². The first kappa shape index (κ1) is 20.9. The number of imide groups is 2. The Morgan fingerprint density at radius 1 is 0.828 bits per heavy atom. The Labute approximate surface area is 171 Å². The molecule has 0 aromatic heterocycles. The number of carbonyl (C=O) groups is 3. The average molecular weight is 421 g/mol. The maximum atomic E-state index is 14.7. The van der Waals surface area contributed by atoms with E-state index in [-0.39, 0.29) is 5.56 Å². The van der Waals surface area contributed by atoms with Gasteiger partial charge in [-0.3, -0.25) is 19.4 Å². The molecule has 0 radical (unpaired) electrons. The average Bonchev–Trinajstić information content (AvgIpc) is 2.69. The minimum absolute atomic E-state index is 0.237. The smallest absolute Gasteiger partial charge is 0.274 e. The van der Waals surface area contributed by atoms with Gasteiger partial charge in [-0.15, -0.1) is 0 Å². The summed E-state index contributed by atoms with van der Waals surface area (Å²) >= 11 is 5.78. The zero-order valence-electron chi connectivity index (χ0n) is 15.6. The van der Waals surface area contributed by atoms with E-state index in [1.807, 2.05) is 6.92 Å². The number of urea groups is 1. The predicted molar refractivity (Wildman–Crippen MR) is 104 cm³/mol. The summed E-state index contributed by atoms with van der Waals surface area (Å²) in [6.45, 7) is 0.749. The van der Waals surface area contributed by atoms with Gasteiger partial charge in [-0.25, -0.2) is 13.6 Å². The Bertz CT molecular complexity index is 845. The summed E-state index contributed by atoms with van der Waals surface area (Å²) < 4.78 is 29.3. The van der Waals surface area contributed by atoms with Crippen LogP contribution in [0, 0.1) is 6.92 Å². The Kier molecular flexibility index (Phi) is 6.27. The molecule has 1 fully saturated rings. The second-order valence-corrected chi connectivity index (χ2v) is 7.30. The van der Waals surface area contributed by atoms with Crippen LogP contribution in [0.2, 0.25) is 5.02 Å². The number of alkyl halides is 2. The van der Waals surface area contributed by atoms with E-state index in [1.165, 1.54) is 24.3 Å². The van der Waals surface area contributed by atoms with Gasteiger partial charge in [0.15, 0.2) is 0 Å². The minimum atomic E-state index is -1.66. The van der Waals surface area contributed by atoms with Gasteiger partial charge in [0.25, 0.3) is 0 Å². The van der Waals surface area contributed by atoms with Crippen molar-refractivity contribution >= 4 is 29.4 Å². The number of hydrogen-bond donors (Lipinski definition) is 0. The quantitative estimate of drug-likeness (QED) is 0.644. The summed E-state index contributed by atoms with van der Waals surface area (Å²) in [4.78, 5) is 38.3. The van der Waals surface area contributed by atoms with Gasteiger partial charge in [0.1, 0.15) is 18.8 Å². The highest BCUT2D eigenvalue weighted by Gasteiger charge is 2.40. The normalized spacial score (nSPS) is 16.9. The van der Waals surface area contributed by atoms with Crippen molar-refractivity contribution in [3.05, 3.63) is 70.2 Å². The van der Waals surface area contributed by atoms with Gasteiger partial charge in [0.2, 0.25) is 11.8 Å². The van der Waals surface area contributed by atoms with Crippen molar-refractivity contribution in [3.8, 4) is 0 Å². The maximum Gasteiger partial charge on any atom is 0.333 e. The van der Waals surface area contributed by atoms with Crippen LogP contribution < -0.4 is 0 Å². The first-order chi connectivity index (χ1) is 13.8. The van der Waals surface area contributed by atoms with E-state index in [4.69, 9.17) is 11.6 Å². The van der Waals surface area contributed by atoms with E-state index in [0.29, 0.717) is 20.4 Å². The number of carbonyl (C=O) groups excluding carboxylic acids is 3. The third kappa shape index (κ3) is 4.79. The van der Waals surface area contributed by atoms with Crippen molar-refractivity contribution in [2.75, 3.05) is 13.1 Å². The van der Waals surface area contributed by atoms with Crippen LogP contribution in [0.25, 0.3) is 0 Å². The van der Waals surface area contributed by atoms with Gasteiger partial charge in [0, 0.05) is 5.02 Å². The molecule has 3 rings (SSSR count). The molecular formula is C21H19ClF2N2O3. The van der Waals surface area contributed by atoms with E-state index >= 15 is 0 Å². The lowest BCUT2D eigenvalue weighted by atomic mass is 10.1. The molecule has 29 heavy (non-hydrogen) atoms. The fraction of sp³-hybridized carbons (Fsp3) is 0.286. The van der Waals surface area contributed by atoms with Gasteiger partial charge in [-0.2, -0.15) is 0 Å². The summed E-state index contributed by atoms with van der Waals surface area (Å²) in [6, 6.07) is 11.4. The third-order valence-corrected chi connectivity index (χ3v) is 4.97. The van der Waals surface area contributed by atoms with Gasteiger partial charge >= 0.3 is 6.03 Å². The molecule has 2 atom stereocenters. The molecule has 4 amide bonds. The molecule has 2 aromatic carbocycles. The molecule has 0 aliphatic carbocycles. The van der Waals surface area contributed by atoms with Crippen molar-refractivity contribution in [2.45, 2.75) is 25.7 Å². The van der Waals surface area contributed by atoms with Crippen LogP contribution in [0.15, 0.2) is 48.5 Å². The number of nitrogens with zero attached hydrogens (tertiary/aromatic N) is 2. The summed E-state index contributed by atoms with van der Waals surface area (Å²) in [5.74, 6) is -1.61. The van der Waals surface area contributed by atoms with Crippen LogP contribution in [-0.2, 0) is 9.59 Å². The van der Waals surface area contributed by atoms with Gasteiger partial charge in [-0.05, 0) is 30.2 Å². The lowest BCUT2D eigenvalue weighted by Crippen LogP contribution is -2.56. The molecule has 0 spiro atoms. The highest BCUT2D eigenvalue weighted by atomic mass is 35.5. The molecule has 0 saturated carbocycles. The third-order valence-electron chi connectivity index (χ3n) is 4.72. The van der Waals surface area contributed by atoms with Crippen LogP contribution in [-0.4, -0.2) is 40.7 Å². The zero-order chi connectivity index (χ0) is 21.1. The summed E-state index contributed by atoms with van der Waals surface area (Å²) in [5, 5.41) is 0.424. The van der Waals surface area contributed by atoms with Gasteiger partial charge in [0.05, 0.1) is 13.1 Å². The predicted octanol–water partition coefficient (Wildman–Crippen LogP) is 4.55. The van der Waals surface area contributed by atoms with Gasteiger partial charge in [-0.1, -0.05) is 53.6 Å². The number of rotatable bonds is 6. The maximum absolute atomic E-state index is 14.7. The fourth-order valence-corrected chi connectivity index (χ4v) is 3.14. The van der Waals surface area contributed by atoms with Crippen molar-refractivity contribution in [1.29, 1.82) is 0 Å². The van der Waals surface area contributed by atoms with Crippen molar-refractivity contribution in [3.63, 3.8) is 0 Å². The number of hydrogen-bond acceptors (Lipinski definition) is 3. The highest BCUT2D eigenvalue weighted by molar-refractivity contribution is 6.30. The molecule has 2 aromatic rings. The first-order valence-electron chi connectivity index (χ1n) is 9.01. The van der Waals surface area contributed by atoms with E-state index in [0.717, 1.165) is 5.56 Å². The Morgan fingerprint density at radius 2 is 1.24 bits per heavy atom. The molecule has 1 aliphatic rings. The molecular weight excluding hydrogens is 402 g/mol. The molecule has 0 unspecified atom stereocenters. The van der Waals surface area contributed by atoms with Crippen LogP contribution in [0.5, 0.6) is 0 Å². The second kappa shape index (κ2) is 8.69. The molecule has 152 valence electrons. The molecule has 1 saturated heterocycles. The SMILES string of the molecule is Cc1ccc([C@H](F)CN2C(=O)CC(=O)N(C[C@H](F)c3ccc(Cl)cc3)C2=O)cc1. The standard InChI is InChI=1S/C21H19ClF2N2O3/c1-13-2-4-14(5-3-13)17(23)11-25-19(27)10-20(28)26(21(25)29)12-18(24)15-6-8-16(22)9-7-15/h2-9,17-18H,10-12H2,1H3/t17-,18+/m1/s1. The van der Waals surface area contributed by atoms with Crippen molar-refractivity contribution < 1.29 is 23.2 Å². The Balaban J connectivity index is 1.73. The molecule has 8 heteroatoms. The minimum Gasteiger partial charge on any atom is -0.274 e. The lowest BCUT2D eigenvalue weighted by molar-refractivity contribution is -0.143. The topological polar surface area (TPSA) is 57.7 Å². The highest BCUT2D eigenvalue weighted by Crippen LogP contribution is 2.26. The van der Waals surface area contributed by atoms with Crippen LogP contribution in [0.4, 0.5) is 13.6 Å². The van der Waals surface area contributed by atoms with Gasteiger partial charge < -0.3 is 0 Å². The molecule has 5 nitrogen and oxygen atoms in total. The van der Waals surface area contributed by atoms with E-state index in [1.54, 1.807) is 24.3 Å². The summed E-state index contributed by atoms with van der Waals surface area (Å²) in [6.07, 6.45) is -3.89. The summed E-state index contributed by atoms with van der Waals surface area (Å²) in [7, 11) is 0. The van der Waals surface area contributed by atoms with Crippen LogP contribution in [0.3, 0.4) is 0 Å². The van der Waals surface area contributed by atoms with Crippen LogP contribution >= 0.6 is 11.6 Å². The number of halogens is 3. The largest absolute Gasteiger partial charge is 0.333 e. The molecule has 1 heterocycles. The van der Waals surface area contributed by atoms with E-state index in [2.05, 4.69) is 0 Å². The number of aryl methyl sites for hydroxylation is 1. The summed E-state index contributed by atoms with van der Waals surface area (Å²) in [5.41, 5.74) is 1.49. The first-order valence-corrected chi connectivity index (χ1v) is 9.39. The van der Waals surface area contributed by atoms with Crippen LogP contribution in [0.1, 0.15) is 35.5 Å². The molecule has 1 aliphatic heterocycles. The Hall–Kier alpha value is -2.80. The lowest BCUT2D eigenvalue weighted by Gasteiger charge is -2.34. The number of barbiturate groups is 1. The second-order valence-electron chi connectivity index (χ2n) is 6.87. The van der Waals surface area contributed by atoms with E-state index in [9.17, 15) is 23.2 Å². The number of amides is 4.